The minimum atomic E-state index is -0.314. The van der Waals surface area contributed by atoms with Gasteiger partial charge in [0.05, 0.1) is 13.0 Å². The van der Waals surface area contributed by atoms with Gasteiger partial charge in [-0.15, -0.1) is 0 Å². The molecule has 0 fully saturated rings. The highest BCUT2D eigenvalue weighted by Crippen LogP contribution is 2.45. The number of benzene rings is 2. The number of fused-ring (bicyclic) bond motifs is 1. The van der Waals surface area contributed by atoms with Crippen molar-refractivity contribution in [3.8, 4) is 17.6 Å². The lowest BCUT2D eigenvalue weighted by Gasteiger charge is -2.29. The molecule has 1 unspecified atom stereocenters. The zero-order chi connectivity index (χ0) is 18.7. The molecule has 2 N–H and O–H groups in total. The average Bonchev–Trinajstić information content (AvgIpc) is 2.67. The Kier molecular flexibility index (Phi) is 5.04. The number of nitriles is 1. The van der Waals surface area contributed by atoms with E-state index in [1.807, 2.05) is 36.4 Å². The monoisotopic (exact) mass is 349 g/mol. The summed E-state index contributed by atoms with van der Waals surface area (Å²) in [4.78, 5) is 2.24. The van der Waals surface area contributed by atoms with E-state index in [9.17, 15) is 5.26 Å². The van der Waals surface area contributed by atoms with E-state index < -0.39 is 0 Å². The van der Waals surface area contributed by atoms with Crippen LogP contribution in [0, 0.1) is 11.3 Å². The number of rotatable bonds is 5. The molecule has 2 aromatic carbocycles. The maximum atomic E-state index is 9.68. The van der Waals surface area contributed by atoms with E-state index in [0.717, 1.165) is 35.7 Å². The van der Waals surface area contributed by atoms with Gasteiger partial charge < -0.3 is 20.1 Å². The van der Waals surface area contributed by atoms with Gasteiger partial charge in [0.1, 0.15) is 23.1 Å². The van der Waals surface area contributed by atoms with Crippen LogP contribution in [-0.2, 0) is 0 Å². The fraction of sp³-hybridized carbons (Fsp3) is 0.286. The number of hydrogen-bond acceptors (Lipinski definition) is 5. The SMILES string of the molecule is CCN(CC)c1ccc2c(c1)OC(N)=C(C#N)C2c1ccccc1OC. The van der Waals surface area contributed by atoms with Gasteiger partial charge in [-0.25, -0.2) is 0 Å². The van der Waals surface area contributed by atoms with Gasteiger partial charge in [0, 0.05) is 36.0 Å². The molecule has 5 heteroatoms. The zero-order valence-electron chi connectivity index (χ0n) is 15.3. The molecule has 26 heavy (non-hydrogen) atoms. The van der Waals surface area contributed by atoms with Crippen molar-refractivity contribution in [3.05, 3.63) is 65.0 Å². The fourth-order valence-corrected chi connectivity index (χ4v) is 3.45. The molecular weight excluding hydrogens is 326 g/mol. The molecular formula is C21H23N3O2. The molecule has 1 heterocycles. The van der Waals surface area contributed by atoms with E-state index in [4.69, 9.17) is 15.2 Å². The van der Waals surface area contributed by atoms with Crippen molar-refractivity contribution in [3.63, 3.8) is 0 Å². The lowest BCUT2D eigenvalue weighted by Crippen LogP contribution is -2.24. The second-order valence-corrected chi connectivity index (χ2v) is 6.06. The van der Waals surface area contributed by atoms with Crippen molar-refractivity contribution in [2.75, 3.05) is 25.1 Å². The summed E-state index contributed by atoms with van der Waals surface area (Å²) in [5.41, 5.74) is 9.38. The third kappa shape index (κ3) is 2.95. The van der Waals surface area contributed by atoms with E-state index >= 15 is 0 Å². The van der Waals surface area contributed by atoms with Gasteiger partial charge in [-0.2, -0.15) is 5.26 Å². The number of methoxy groups -OCH3 is 1. The van der Waals surface area contributed by atoms with Gasteiger partial charge in [0.15, 0.2) is 0 Å². The van der Waals surface area contributed by atoms with E-state index in [1.165, 1.54) is 0 Å². The van der Waals surface area contributed by atoms with Gasteiger partial charge in [0.2, 0.25) is 5.88 Å². The van der Waals surface area contributed by atoms with Crippen LogP contribution in [0.5, 0.6) is 11.5 Å². The Morgan fingerprint density at radius 2 is 1.88 bits per heavy atom. The number of nitrogens with zero attached hydrogens (tertiary/aromatic N) is 2. The molecule has 3 rings (SSSR count). The van der Waals surface area contributed by atoms with Crippen LogP contribution in [0.1, 0.15) is 30.9 Å². The topological polar surface area (TPSA) is 71.5 Å². The standard InChI is InChI=1S/C21H23N3O2/c1-4-24(5-2)14-10-11-16-19(12-14)26-21(23)17(13-22)20(16)15-8-6-7-9-18(15)25-3/h6-12,20H,4-5,23H2,1-3H3. The van der Waals surface area contributed by atoms with Gasteiger partial charge in [-0.1, -0.05) is 24.3 Å². The van der Waals surface area contributed by atoms with Crippen molar-refractivity contribution in [1.29, 1.82) is 5.26 Å². The van der Waals surface area contributed by atoms with Crippen LogP contribution >= 0.6 is 0 Å². The second kappa shape index (κ2) is 7.40. The Morgan fingerprint density at radius 3 is 2.54 bits per heavy atom. The maximum absolute atomic E-state index is 9.68. The molecule has 0 saturated heterocycles. The number of ether oxygens (including phenoxy) is 2. The van der Waals surface area contributed by atoms with Crippen molar-refractivity contribution >= 4 is 5.69 Å². The highest BCUT2D eigenvalue weighted by Gasteiger charge is 2.32. The van der Waals surface area contributed by atoms with Gasteiger partial charge in [-0.05, 0) is 26.0 Å². The molecule has 0 aliphatic carbocycles. The molecule has 1 aliphatic rings. The van der Waals surface area contributed by atoms with Crippen molar-refractivity contribution in [1.82, 2.24) is 0 Å². The minimum absolute atomic E-state index is 0.146. The normalized spacial score (nSPS) is 15.7. The van der Waals surface area contributed by atoms with Gasteiger partial charge in [-0.3, -0.25) is 0 Å². The average molecular weight is 349 g/mol. The van der Waals surface area contributed by atoms with E-state index in [0.29, 0.717) is 11.3 Å². The summed E-state index contributed by atoms with van der Waals surface area (Å²) in [6.07, 6.45) is 0. The predicted octanol–water partition coefficient (Wildman–Crippen LogP) is 3.76. The first-order chi connectivity index (χ1) is 12.6. The summed E-state index contributed by atoms with van der Waals surface area (Å²) in [5.74, 6) is 1.23. The molecule has 0 radical (unpaired) electrons. The number of allylic oxidation sites excluding steroid dienone is 1. The largest absolute Gasteiger partial charge is 0.496 e. The zero-order valence-corrected chi connectivity index (χ0v) is 15.3. The Bertz CT molecular complexity index is 879. The van der Waals surface area contributed by atoms with E-state index in [1.54, 1.807) is 7.11 Å². The first-order valence-corrected chi connectivity index (χ1v) is 8.73. The fourth-order valence-electron chi connectivity index (χ4n) is 3.45. The first kappa shape index (κ1) is 17.7. The summed E-state index contributed by atoms with van der Waals surface area (Å²) in [7, 11) is 1.63. The third-order valence-electron chi connectivity index (χ3n) is 4.78. The Balaban J connectivity index is 2.17. The van der Waals surface area contributed by atoms with Crippen molar-refractivity contribution in [2.45, 2.75) is 19.8 Å². The summed E-state index contributed by atoms with van der Waals surface area (Å²) < 4.78 is 11.3. The Labute approximate surface area is 154 Å². The maximum Gasteiger partial charge on any atom is 0.205 e. The van der Waals surface area contributed by atoms with Crippen LogP contribution in [0.25, 0.3) is 0 Å². The van der Waals surface area contributed by atoms with Crippen LogP contribution in [0.3, 0.4) is 0 Å². The molecule has 0 aromatic heterocycles. The lowest BCUT2D eigenvalue weighted by atomic mass is 9.83. The number of hydrogen-bond donors (Lipinski definition) is 1. The third-order valence-corrected chi connectivity index (χ3v) is 4.78. The number of anilines is 1. The molecule has 134 valence electrons. The molecule has 0 amide bonds. The van der Waals surface area contributed by atoms with E-state index in [-0.39, 0.29) is 11.8 Å². The second-order valence-electron chi connectivity index (χ2n) is 6.06. The van der Waals surface area contributed by atoms with E-state index in [2.05, 4.69) is 30.9 Å². The number of para-hydroxylation sites is 1. The Morgan fingerprint density at radius 1 is 1.15 bits per heavy atom. The summed E-state index contributed by atoms with van der Waals surface area (Å²) >= 11 is 0. The van der Waals surface area contributed by atoms with Crippen LogP contribution in [0.4, 0.5) is 5.69 Å². The van der Waals surface area contributed by atoms with Crippen molar-refractivity contribution in [2.24, 2.45) is 5.73 Å². The Hall–Kier alpha value is -3.13. The number of nitrogens with two attached hydrogens (primary N) is 1. The molecule has 0 spiro atoms. The molecule has 0 saturated carbocycles. The van der Waals surface area contributed by atoms with Crippen LogP contribution in [0.2, 0.25) is 0 Å². The molecule has 1 aliphatic heterocycles. The first-order valence-electron chi connectivity index (χ1n) is 8.73. The van der Waals surface area contributed by atoms with Gasteiger partial charge >= 0.3 is 0 Å². The highest BCUT2D eigenvalue weighted by molar-refractivity contribution is 5.63. The molecule has 2 aromatic rings. The van der Waals surface area contributed by atoms with Gasteiger partial charge in [0.25, 0.3) is 0 Å². The molecule has 1 atom stereocenters. The lowest BCUT2D eigenvalue weighted by molar-refractivity contribution is 0.387. The summed E-state index contributed by atoms with van der Waals surface area (Å²) in [6.45, 7) is 6.03. The summed E-state index contributed by atoms with van der Waals surface area (Å²) in [5, 5.41) is 9.68. The smallest absolute Gasteiger partial charge is 0.205 e. The summed E-state index contributed by atoms with van der Waals surface area (Å²) in [6, 6.07) is 16.0. The molecule has 5 nitrogen and oxygen atoms in total. The quantitative estimate of drug-likeness (QED) is 0.890. The minimum Gasteiger partial charge on any atom is -0.496 e. The van der Waals surface area contributed by atoms with Crippen LogP contribution in [-0.4, -0.2) is 20.2 Å². The van der Waals surface area contributed by atoms with Crippen molar-refractivity contribution < 1.29 is 9.47 Å². The highest BCUT2D eigenvalue weighted by atomic mass is 16.5. The predicted molar refractivity (Wildman–Crippen MR) is 102 cm³/mol. The van der Waals surface area contributed by atoms with Crippen LogP contribution in [0.15, 0.2) is 53.9 Å². The van der Waals surface area contributed by atoms with Crippen LogP contribution < -0.4 is 20.1 Å². The molecule has 0 bridgehead atoms.